The van der Waals surface area contributed by atoms with Gasteiger partial charge in [-0.3, -0.25) is 0 Å². The van der Waals surface area contributed by atoms with E-state index in [0.29, 0.717) is 25.0 Å². The van der Waals surface area contributed by atoms with Gasteiger partial charge in [0.2, 0.25) is 0 Å². The van der Waals surface area contributed by atoms with Crippen LogP contribution in [0, 0.1) is 17.5 Å². The first kappa shape index (κ1) is 15.2. The summed E-state index contributed by atoms with van der Waals surface area (Å²) in [5, 5.41) is 11.9. The second kappa shape index (κ2) is 6.52. The van der Waals surface area contributed by atoms with Gasteiger partial charge in [-0.05, 0) is 37.5 Å². The standard InChI is InChI=1S/C16H16F3NO/c1-10(2-3-11-4-6-13(21)7-5-11)20-16-14(18)8-12(17)9-15(16)19/h4-10,20-21H,2-3H2,1H3. The largest absolute Gasteiger partial charge is 0.508 e. The lowest BCUT2D eigenvalue weighted by atomic mass is 10.1. The van der Waals surface area contributed by atoms with Gasteiger partial charge in [0.05, 0.1) is 0 Å². The fourth-order valence-corrected chi connectivity index (χ4v) is 2.04. The molecule has 0 aliphatic rings. The normalized spacial score (nSPS) is 12.2. The van der Waals surface area contributed by atoms with Crippen LogP contribution in [-0.2, 0) is 6.42 Å². The Labute approximate surface area is 121 Å². The molecule has 0 heterocycles. The zero-order valence-corrected chi connectivity index (χ0v) is 11.5. The van der Waals surface area contributed by atoms with E-state index in [2.05, 4.69) is 5.32 Å². The maximum absolute atomic E-state index is 13.5. The minimum atomic E-state index is -0.941. The molecule has 5 heteroatoms. The van der Waals surface area contributed by atoms with Crippen molar-refractivity contribution in [3.8, 4) is 5.75 Å². The number of aryl methyl sites for hydroxylation is 1. The smallest absolute Gasteiger partial charge is 0.152 e. The summed E-state index contributed by atoms with van der Waals surface area (Å²) in [6.07, 6.45) is 1.33. The van der Waals surface area contributed by atoms with Gasteiger partial charge < -0.3 is 10.4 Å². The molecular formula is C16H16F3NO. The third-order valence-electron chi connectivity index (χ3n) is 3.20. The van der Waals surface area contributed by atoms with Gasteiger partial charge in [0.25, 0.3) is 0 Å². The minimum absolute atomic E-state index is 0.187. The van der Waals surface area contributed by atoms with Gasteiger partial charge in [0.1, 0.15) is 17.3 Å². The number of hydrogen-bond donors (Lipinski definition) is 2. The number of phenolic OH excluding ortho intramolecular Hbond substituents is 1. The van der Waals surface area contributed by atoms with Crippen molar-refractivity contribution in [3.05, 3.63) is 59.4 Å². The molecule has 0 radical (unpaired) electrons. The Morgan fingerprint density at radius 1 is 1.05 bits per heavy atom. The van der Waals surface area contributed by atoms with Crippen molar-refractivity contribution in [1.29, 1.82) is 0 Å². The SMILES string of the molecule is CC(CCc1ccc(O)cc1)Nc1c(F)cc(F)cc1F. The molecule has 0 bridgehead atoms. The molecule has 2 nitrogen and oxygen atoms in total. The molecule has 0 saturated heterocycles. The number of phenols is 1. The van der Waals surface area contributed by atoms with Crippen LogP contribution < -0.4 is 5.32 Å². The van der Waals surface area contributed by atoms with Crippen LogP contribution in [0.5, 0.6) is 5.75 Å². The first-order chi connectivity index (χ1) is 9.95. The number of anilines is 1. The summed E-state index contributed by atoms with van der Waals surface area (Å²) in [7, 11) is 0. The van der Waals surface area contributed by atoms with E-state index in [1.165, 1.54) is 0 Å². The second-order valence-corrected chi connectivity index (χ2v) is 4.99. The third kappa shape index (κ3) is 4.15. The minimum Gasteiger partial charge on any atom is -0.508 e. The van der Waals surface area contributed by atoms with Crippen molar-refractivity contribution in [2.24, 2.45) is 0 Å². The van der Waals surface area contributed by atoms with Gasteiger partial charge in [-0.15, -0.1) is 0 Å². The molecule has 0 amide bonds. The Morgan fingerprint density at radius 2 is 1.62 bits per heavy atom. The van der Waals surface area contributed by atoms with E-state index < -0.39 is 17.5 Å². The average Bonchev–Trinajstić information content (AvgIpc) is 2.42. The van der Waals surface area contributed by atoms with Gasteiger partial charge in [0, 0.05) is 18.2 Å². The highest BCUT2D eigenvalue weighted by molar-refractivity contribution is 5.47. The van der Waals surface area contributed by atoms with E-state index >= 15 is 0 Å². The number of aromatic hydroxyl groups is 1. The second-order valence-electron chi connectivity index (χ2n) is 4.99. The zero-order valence-electron chi connectivity index (χ0n) is 11.5. The Hall–Kier alpha value is -2.17. The van der Waals surface area contributed by atoms with E-state index in [4.69, 9.17) is 0 Å². The number of benzene rings is 2. The van der Waals surface area contributed by atoms with Crippen molar-refractivity contribution >= 4 is 5.69 Å². The van der Waals surface area contributed by atoms with Gasteiger partial charge in [-0.2, -0.15) is 0 Å². The van der Waals surface area contributed by atoms with Crippen LogP contribution in [0.2, 0.25) is 0 Å². The van der Waals surface area contributed by atoms with E-state index in [0.717, 1.165) is 5.56 Å². The van der Waals surface area contributed by atoms with Crippen molar-refractivity contribution in [3.63, 3.8) is 0 Å². The third-order valence-corrected chi connectivity index (χ3v) is 3.20. The van der Waals surface area contributed by atoms with Gasteiger partial charge in [0.15, 0.2) is 11.6 Å². The summed E-state index contributed by atoms with van der Waals surface area (Å²) < 4.78 is 39.8. The van der Waals surface area contributed by atoms with E-state index in [9.17, 15) is 18.3 Å². The fraction of sp³-hybridized carbons (Fsp3) is 0.250. The lowest BCUT2D eigenvalue weighted by Gasteiger charge is -2.16. The molecule has 0 saturated carbocycles. The molecule has 1 unspecified atom stereocenters. The number of rotatable bonds is 5. The number of nitrogens with one attached hydrogen (secondary N) is 1. The summed E-state index contributed by atoms with van der Waals surface area (Å²) in [5.41, 5.74) is 0.705. The van der Waals surface area contributed by atoms with Gasteiger partial charge in [-0.1, -0.05) is 12.1 Å². The van der Waals surface area contributed by atoms with E-state index in [1.54, 1.807) is 31.2 Å². The summed E-state index contributed by atoms with van der Waals surface area (Å²) in [5.74, 6) is -2.62. The summed E-state index contributed by atoms with van der Waals surface area (Å²) in [4.78, 5) is 0. The molecular weight excluding hydrogens is 279 g/mol. The van der Waals surface area contributed by atoms with Gasteiger partial charge in [-0.25, -0.2) is 13.2 Å². The van der Waals surface area contributed by atoms with Gasteiger partial charge >= 0.3 is 0 Å². The highest BCUT2D eigenvalue weighted by Crippen LogP contribution is 2.22. The van der Waals surface area contributed by atoms with Crippen LogP contribution in [-0.4, -0.2) is 11.1 Å². The molecule has 112 valence electrons. The monoisotopic (exact) mass is 295 g/mol. The Kier molecular flexibility index (Phi) is 4.73. The zero-order chi connectivity index (χ0) is 15.4. The first-order valence-electron chi connectivity index (χ1n) is 6.64. The average molecular weight is 295 g/mol. The Balaban J connectivity index is 1.96. The molecule has 2 aromatic rings. The van der Waals surface area contributed by atoms with E-state index in [-0.39, 0.29) is 17.5 Å². The molecule has 21 heavy (non-hydrogen) atoms. The van der Waals surface area contributed by atoms with Crippen molar-refractivity contribution < 1.29 is 18.3 Å². The highest BCUT2D eigenvalue weighted by Gasteiger charge is 2.13. The van der Waals surface area contributed by atoms with Crippen LogP contribution in [0.15, 0.2) is 36.4 Å². The van der Waals surface area contributed by atoms with E-state index in [1.807, 2.05) is 0 Å². The Morgan fingerprint density at radius 3 is 2.19 bits per heavy atom. The maximum Gasteiger partial charge on any atom is 0.152 e. The highest BCUT2D eigenvalue weighted by atomic mass is 19.1. The molecule has 1 atom stereocenters. The fourth-order valence-electron chi connectivity index (χ4n) is 2.04. The molecule has 0 aromatic heterocycles. The molecule has 0 aliphatic carbocycles. The maximum atomic E-state index is 13.5. The predicted octanol–water partition coefficient (Wildman–Crippen LogP) is 4.24. The van der Waals surface area contributed by atoms with Crippen LogP contribution >= 0.6 is 0 Å². The summed E-state index contributed by atoms with van der Waals surface area (Å²) in [6.45, 7) is 1.79. The topological polar surface area (TPSA) is 32.3 Å². The lowest BCUT2D eigenvalue weighted by molar-refractivity contribution is 0.475. The van der Waals surface area contributed by atoms with Crippen molar-refractivity contribution in [2.45, 2.75) is 25.8 Å². The van der Waals surface area contributed by atoms with Crippen LogP contribution in [0.4, 0.5) is 18.9 Å². The molecule has 0 fully saturated rings. The molecule has 2 aromatic carbocycles. The lowest BCUT2D eigenvalue weighted by Crippen LogP contribution is -2.18. The number of hydrogen-bond acceptors (Lipinski definition) is 2. The predicted molar refractivity (Wildman–Crippen MR) is 75.8 cm³/mol. The summed E-state index contributed by atoms with van der Waals surface area (Å²) in [6, 6.07) is 7.88. The summed E-state index contributed by atoms with van der Waals surface area (Å²) >= 11 is 0. The Bertz CT molecular complexity index is 590. The molecule has 0 aliphatic heterocycles. The quantitative estimate of drug-likeness (QED) is 0.864. The first-order valence-corrected chi connectivity index (χ1v) is 6.64. The van der Waals surface area contributed by atoms with Crippen LogP contribution in [0.1, 0.15) is 18.9 Å². The van der Waals surface area contributed by atoms with Crippen LogP contribution in [0.3, 0.4) is 0 Å². The van der Waals surface area contributed by atoms with Crippen LogP contribution in [0.25, 0.3) is 0 Å². The number of halogens is 3. The van der Waals surface area contributed by atoms with Crippen molar-refractivity contribution in [1.82, 2.24) is 0 Å². The van der Waals surface area contributed by atoms with Crippen molar-refractivity contribution in [2.75, 3.05) is 5.32 Å². The molecule has 2 N–H and O–H groups in total. The molecule has 0 spiro atoms. The molecule has 2 rings (SSSR count).